The van der Waals surface area contributed by atoms with Crippen LogP contribution in [0, 0.1) is 11.3 Å². The highest BCUT2D eigenvalue weighted by atomic mass is 35.5. The molecule has 5 heteroatoms. The van der Waals surface area contributed by atoms with E-state index in [0.29, 0.717) is 10.6 Å². The fourth-order valence-electron chi connectivity index (χ4n) is 1.65. The normalized spacial score (nSPS) is 10.0. The Morgan fingerprint density at radius 1 is 1.25 bits per heavy atom. The second kappa shape index (κ2) is 6.47. The zero-order valence-corrected chi connectivity index (χ0v) is 11.9. The van der Waals surface area contributed by atoms with Gasteiger partial charge >= 0.3 is 5.97 Å². The summed E-state index contributed by atoms with van der Waals surface area (Å²) in [7, 11) is 0. The number of halogens is 1. The first kappa shape index (κ1) is 14.4. The summed E-state index contributed by atoms with van der Waals surface area (Å²) >= 11 is 7.36. The van der Waals surface area contributed by atoms with Gasteiger partial charge < -0.3 is 5.11 Å². The van der Waals surface area contributed by atoms with Crippen molar-refractivity contribution < 1.29 is 9.90 Å². The highest BCUT2D eigenvalue weighted by Gasteiger charge is 2.06. The van der Waals surface area contributed by atoms with E-state index < -0.39 is 5.97 Å². The Kier molecular flexibility index (Phi) is 4.67. The van der Waals surface area contributed by atoms with E-state index in [9.17, 15) is 4.79 Å². The number of carbonyl (C=O) groups is 1. The molecule has 0 aromatic heterocycles. The van der Waals surface area contributed by atoms with Crippen LogP contribution in [0.2, 0.25) is 5.02 Å². The third-order valence-corrected chi connectivity index (χ3v) is 3.87. The minimum absolute atomic E-state index is 0.00551. The Bertz CT molecular complexity index is 677. The van der Waals surface area contributed by atoms with Gasteiger partial charge in [0.15, 0.2) is 0 Å². The number of nitriles is 1. The van der Waals surface area contributed by atoms with Gasteiger partial charge in [-0.1, -0.05) is 35.5 Å². The molecule has 0 unspecified atom stereocenters. The van der Waals surface area contributed by atoms with Crippen molar-refractivity contribution in [2.45, 2.75) is 16.2 Å². The smallest absolute Gasteiger partial charge is 0.307 e. The minimum Gasteiger partial charge on any atom is -0.481 e. The zero-order chi connectivity index (χ0) is 14.5. The largest absolute Gasteiger partial charge is 0.481 e. The quantitative estimate of drug-likeness (QED) is 0.927. The summed E-state index contributed by atoms with van der Waals surface area (Å²) in [5.41, 5.74) is 1.31. The van der Waals surface area contributed by atoms with Gasteiger partial charge in [0, 0.05) is 14.8 Å². The van der Waals surface area contributed by atoms with Crippen molar-refractivity contribution in [3.63, 3.8) is 0 Å². The van der Waals surface area contributed by atoms with Crippen molar-refractivity contribution in [1.29, 1.82) is 5.26 Å². The molecule has 0 radical (unpaired) electrons. The SMILES string of the molecule is N#Cc1ccc(Cl)cc1Sc1ccc(CC(=O)O)cc1. The van der Waals surface area contributed by atoms with Crippen molar-refractivity contribution in [2.75, 3.05) is 0 Å². The van der Waals surface area contributed by atoms with Crippen LogP contribution in [0.15, 0.2) is 52.3 Å². The van der Waals surface area contributed by atoms with Gasteiger partial charge in [-0.3, -0.25) is 4.79 Å². The molecule has 0 aliphatic rings. The number of nitrogens with zero attached hydrogens (tertiary/aromatic N) is 1. The number of aliphatic carboxylic acids is 1. The summed E-state index contributed by atoms with van der Waals surface area (Å²) in [5, 5.41) is 18.4. The fourth-order valence-corrected chi connectivity index (χ4v) is 2.82. The summed E-state index contributed by atoms with van der Waals surface area (Å²) in [4.78, 5) is 12.3. The average Bonchev–Trinajstić information content (AvgIpc) is 2.41. The fraction of sp³-hybridized carbons (Fsp3) is 0.0667. The zero-order valence-electron chi connectivity index (χ0n) is 10.3. The second-order valence-corrected chi connectivity index (χ2v) is 5.62. The van der Waals surface area contributed by atoms with Crippen molar-refractivity contribution in [3.8, 4) is 6.07 Å². The molecule has 100 valence electrons. The molecule has 0 atom stereocenters. The minimum atomic E-state index is -0.855. The molecule has 0 saturated carbocycles. The molecule has 0 amide bonds. The predicted molar refractivity (Wildman–Crippen MR) is 78.1 cm³/mol. The summed E-state index contributed by atoms with van der Waals surface area (Å²) in [6.07, 6.45) is 0.00551. The molecule has 0 aliphatic carbocycles. The Morgan fingerprint density at radius 2 is 1.95 bits per heavy atom. The maximum absolute atomic E-state index is 10.6. The van der Waals surface area contributed by atoms with Gasteiger partial charge in [-0.15, -0.1) is 0 Å². The van der Waals surface area contributed by atoms with E-state index >= 15 is 0 Å². The second-order valence-electron chi connectivity index (χ2n) is 4.07. The van der Waals surface area contributed by atoms with Crippen LogP contribution in [0.1, 0.15) is 11.1 Å². The maximum Gasteiger partial charge on any atom is 0.307 e. The summed E-state index contributed by atoms with van der Waals surface area (Å²) < 4.78 is 0. The van der Waals surface area contributed by atoms with Gasteiger partial charge in [0.2, 0.25) is 0 Å². The molecular formula is C15H10ClNO2S. The van der Waals surface area contributed by atoms with Crippen LogP contribution in [-0.2, 0) is 11.2 Å². The Hall–Kier alpha value is -1.96. The molecule has 20 heavy (non-hydrogen) atoms. The lowest BCUT2D eigenvalue weighted by atomic mass is 10.2. The van der Waals surface area contributed by atoms with E-state index in [0.717, 1.165) is 15.4 Å². The van der Waals surface area contributed by atoms with E-state index in [1.807, 2.05) is 12.1 Å². The predicted octanol–water partition coefficient (Wildman–Crippen LogP) is 3.99. The van der Waals surface area contributed by atoms with E-state index in [4.69, 9.17) is 22.0 Å². The lowest BCUT2D eigenvalue weighted by Crippen LogP contribution is -1.99. The third-order valence-electron chi connectivity index (χ3n) is 2.57. The topological polar surface area (TPSA) is 61.1 Å². The van der Waals surface area contributed by atoms with Crippen LogP contribution in [0.4, 0.5) is 0 Å². The number of rotatable bonds is 4. The Balaban J connectivity index is 2.20. The molecule has 0 heterocycles. The lowest BCUT2D eigenvalue weighted by molar-refractivity contribution is -0.136. The van der Waals surface area contributed by atoms with E-state index in [1.54, 1.807) is 30.3 Å². The molecule has 0 bridgehead atoms. The molecule has 1 N–H and O–H groups in total. The Labute approximate surface area is 125 Å². The third kappa shape index (κ3) is 3.77. The first-order valence-electron chi connectivity index (χ1n) is 5.77. The van der Waals surface area contributed by atoms with Gasteiger partial charge in [0.25, 0.3) is 0 Å². The van der Waals surface area contributed by atoms with Crippen molar-refractivity contribution >= 4 is 29.3 Å². The first-order valence-corrected chi connectivity index (χ1v) is 6.96. The van der Waals surface area contributed by atoms with Gasteiger partial charge in [-0.05, 0) is 35.9 Å². The number of carboxylic acids is 1. The van der Waals surface area contributed by atoms with Gasteiger partial charge in [-0.2, -0.15) is 5.26 Å². The van der Waals surface area contributed by atoms with Crippen LogP contribution in [0.3, 0.4) is 0 Å². The van der Waals surface area contributed by atoms with Gasteiger partial charge in [0.05, 0.1) is 12.0 Å². The lowest BCUT2D eigenvalue weighted by Gasteiger charge is -2.05. The van der Waals surface area contributed by atoms with Crippen LogP contribution in [0.5, 0.6) is 0 Å². The molecule has 0 saturated heterocycles. The molecule has 0 fully saturated rings. The summed E-state index contributed by atoms with van der Waals surface area (Å²) in [5.74, 6) is -0.855. The average molecular weight is 304 g/mol. The first-order chi connectivity index (χ1) is 9.58. The van der Waals surface area contributed by atoms with Crippen LogP contribution in [-0.4, -0.2) is 11.1 Å². The molecule has 3 nitrogen and oxygen atoms in total. The monoisotopic (exact) mass is 303 g/mol. The number of benzene rings is 2. The molecule has 2 rings (SSSR count). The van der Waals surface area contributed by atoms with E-state index in [1.165, 1.54) is 11.8 Å². The summed E-state index contributed by atoms with van der Waals surface area (Å²) in [6, 6.07) is 14.5. The highest BCUT2D eigenvalue weighted by molar-refractivity contribution is 7.99. The van der Waals surface area contributed by atoms with Crippen LogP contribution >= 0.6 is 23.4 Å². The standard InChI is InChI=1S/C15H10ClNO2S/c16-12-4-3-11(9-17)14(8-12)20-13-5-1-10(2-6-13)7-15(18)19/h1-6,8H,7H2,(H,18,19). The molecule has 2 aromatic carbocycles. The van der Waals surface area contributed by atoms with E-state index in [2.05, 4.69) is 6.07 Å². The molecular weight excluding hydrogens is 294 g/mol. The Morgan fingerprint density at radius 3 is 2.55 bits per heavy atom. The molecule has 2 aromatic rings. The molecule has 0 spiro atoms. The number of carboxylic acid groups (broad SMARTS) is 1. The van der Waals surface area contributed by atoms with Crippen molar-refractivity contribution in [3.05, 3.63) is 58.6 Å². The van der Waals surface area contributed by atoms with Gasteiger partial charge in [0.1, 0.15) is 6.07 Å². The summed E-state index contributed by atoms with van der Waals surface area (Å²) in [6.45, 7) is 0. The highest BCUT2D eigenvalue weighted by Crippen LogP contribution is 2.32. The van der Waals surface area contributed by atoms with Crippen LogP contribution in [0.25, 0.3) is 0 Å². The van der Waals surface area contributed by atoms with Crippen molar-refractivity contribution in [1.82, 2.24) is 0 Å². The van der Waals surface area contributed by atoms with Crippen molar-refractivity contribution in [2.24, 2.45) is 0 Å². The van der Waals surface area contributed by atoms with Gasteiger partial charge in [-0.25, -0.2) is 0 Å². The number of hydrogen-bond donors (Lipinski definition) is 1. The number of hydrogen-bond acceptors (Lipinski definition) is 3. The molecule has 0 aliphatic heterocycles. The maximum atomic E-state index is 10.6. The van der Waals surface area contributed by atoms with Crippen LogP contribution < -0.4 is 0 Å². The van der Waals surface area contributed by atoms with E-state index in [-0.39, 0.29) is 6.42 Å².